The van der Waals surface area contributed by atoms with Crippen molar-refractivity contribution in [3.05, 3.63) is 17.7 Å². The van der Waals surface area contributed by atoms with Gasteiger partial charge < -0.3 is 20.3 Å². The Morgan fingerprint density at radius 3 is 2.11 bits per heavy atom. The van der Waals surface area contributed by atoms with Gasteiger partial charge in [-0.2, -0.15) is 0 Å². The van der Waals surface area contributed by atoms with Gasteiger partial charge in [0.05, 0.1) is 32.5 Å². The highest BCUT2D eigenvalue weighted by atomic mass is 32.2. The third-order valence-corrected chi connectivity index (χ3v) is 3.70. The Morgan fingerprint density at radius 1 is 1.21 bits per heavy atom. The summed E-state index contributed by atoms with van der Waals surface area (Å²) < 4.78 is 10.5. The van der Waals surface area contributed by atoms with E-state index in [4.69, 9.17) is 30.9 Å². The molecule has 0 heterocycles. The number of thioether (sulfide) groups is 1. The maximum atomic E-state index is 10.4. The van der Waals surface area contributed by atoms with Crippen LogP contribution in [0.2, 0.25) is 0 Å². The van der Waals surface area contributed by atoms with Gasteiger partial charge in [0, 0.05) is 5.56 Å². The molecule has 0 spiro atoms. The van der Waals surface area contributed by atoms with E-state index < -0.39 is 10.9 Å². The van der Waals surface area contributed by atoms with Crippen LogP contribution < -0.4 is 15.2 Å². The van der Waals surface area contributed by atoms with Crippen LogP contribution in [0, 0.1) is 0 Å². The molecular formula is C12H17B2NO3S. The van der Waals surface area contributed by atoms with E-state index in [2.05, 4.69) is 0 Å². The van der Waals surface area contributed by atoms with Crippen LogP contribution in [0.3, 0.4) is 0 Å². The number of nitrogens with two attached hydrogens (primary N) is 1. The Hall–Kier alpha value is -0.780. The smallest absolute Gasteiger partial charge is 0.133 e. The van der Waals surface area contributed by atoms with E-state index >= 15 is 0 Å². The molecule has 0 fully saturated rings. The average molecular weight is 277 g/mol. The van der Waals surface area contributed by atoms with E-state index in [9.17, 15) is 5.11 Å². The molecule has 0 saturated heterocycles. The highest BCUT2D eigenvalue weighted by Gasteiger charge is 2.39. The van der Waals surface area contributed by atoms with Gasteiger partial charge in [0.1, 0.15) is 19.3 Å². The van der Waals surface area contributed by atoms with Crippen LogP contribution in [0.25, 0.3) is 0 Å². The molecule has 4 nitrogen and oxygen atoms in total. The average Bonchev–Trinajstić information content (AvgIpc) is 2.35. The Bertz CT molecular complexity index is 461. The Morgan fingerprint density at radius 2 is 1.74 bits per heavy atom. The largest absolute Gasteiger partial charge is 0.496 e. The van der Waals surface area contributed by atoms with Crippen molar-refractivity contribution < 1.29 is 14.6 Å². The molecule has 1 aromatic rings. The van der Waals surface area contributed by atoms with Gasteiger partial charge in [-0.3, -0.25) is 0 Å². The first-order valence-corrected chi connectivity index (χ1v) is 6.81. The van der Waals surface area contributed by atoms with Gasteiger partial charge in [0.25, 0.3) is 0 Å². The molecule has 0 aliphatic heterocycles. The van der Waals surface area contributed by atoms with Gasteiger partial charge in [-0.05, 0) is 23.8 Å². The molecule has 1 rings (SSSR count). The third kappa shape index (κ3) is 3.04. The Labute approximate surface area is 120 Å². The molecule has 0 amide bonds. The summed E-state index contributed by atoms with van der Waals surface area (Å²) in [4.78, 5) is 0.856. The predicted octanol–water partition coefficient (Wildman–Crippen LogP) is 0.583. The van der Waals surface area contributed by atoms with Crippen molar-refractivity contribution >= 4 is 27.5 Å². The summed E-state index contributed by atoms with van der Waals surface area (Å²) >= 11 is 1.49. The third-order valence-electron chi connectivity index (χ3n) is 2.94. The van der Waals surface area contributed by atoms with E-state index in [0.29, 0.717) is 11.5 Å². The minimum absolute atomic E-state index is 0.275. The second kappa shape index (κ2) is 5.69. The van der Waals surface area contributed by atoms with Gasteiger partial charge in [0.15, 0.2) is 0 Å². The van der Waals surface area contributed by atoms with Gasteiger partial charge in [-0.25, -0.2) is 0 Å². The molecular weight excluding hydrogens is 260 g/mol. The lowest BCUT2D eigenvalue weighted by Gasteiger charge is -2.39. The van der Waals surface area contributed by atoms with Gasteiger partial charge in [-0.1, -0.05) is 6.92 Å². The zero-order valence-electron chi connectivity index (χ0n) is 11.6. The van der Waals surface area contributed by atoms with E-state index in [1.54, 1.807) is 12.1 Å². The second-order valence-electron chi connectivity index (χ2n) is 4.46. The molecule has 19 heavy (non-hydrogen) atoms. The maximum Gasteiger partial charge on any atom is 0.133 e. The summed E-state index contributed by atoms with van der Waals surface area (Å²) in [6.45, 7) is 1.43. The zero-order chi connectivity index (χ0) is 14.8. The van der Waals surface area contributed by atoms with Crippen molar-refractivity contribution in [1.29, 1.82) is 0 Å². The molecule has 2 unspecified atom stereocenters. The van der Waals surface area contributed by atoms with E-state index in [1.165, 1.54) is 32.9 Å². The van der Waals surface area contributed by atoms with Crippen molar-refractivity contribution in [3.63, 3.8) is 0 Å². The van der Waals surface area contributed by atoms with Crippen LogP contribution in [0.1, 0.15) is 12.5 Å². The first-order chi connectivity index (χ1) is 8.68. The highest BCUT2D eigenvalue weighted by molar-refractivity contribution is 7.98. The lowest BCUT2D eigenvalue weighted by Crippen LogP contribution is -2.57. The summed E-state index contributed by atoms with van der Waals surface area (Å²) in [5.41, 5.74) is 2.52. The first-order valence-electron chi connectivity index (χ1n) is 5.58. The molecule has 2 atom stereocenters. The normalized spacial score (nSPS) is 17.4. The van der Waals surface area contributed by atoms with Crippen LogP contribution in [-0.2, 0) is 5.50 Å². The molecule has 100 valence electrons. The van der Waals surface area contributed by atoms with Crippen LogP contribution in [0.5, 0.6) is 11.5 Å². The predicted molar refractivity (Wildman–Crippen MR) is 79.3 cm³/mol. The van der Waals surface area contributed by atoms with E-state index in [1.807, 2.05) is 6.26 Å². The van der Waals surface area contributed by atoms with Crippen LogP contribution in [0.15, 0.2) is 17.0 Å². The first kappa shape index (κ1) is 16.3. The highest BCUT2D eigenvalue weighted by Crippen LogP contribution is 2.40. The lowest BCUT2D eigenvalue weighted by molar-refractivity contribution is 0.0825. The second-order valence-corrected chi connectivity index (χ2v) is 5.30. The lowest BCUT2D eigenvalue weighted by atomic mass is 9.55. The molecule has 0 bridgehead atoms. The molecule has 3 N–H and O–H groups in total. The number of rotatable bonds is 5. The fourth-order valence-electron chi connectivity index (χ4n) is 1.62. The Balaban J connectivity index is 3.50. The summed E-state index contributed by atoms with van der Waals surface area (Å²) in [5, 5.41) is 10.4. The molecule has 0 aliphatic carbocycles. The van der Waals surface area contributed by atoms with E-state index in [0.717, 1.165) is 4.90 Å². The summed E-state index contributed by atoms with van der Waals surface area (Å²) in [6.07, 6.45) is 1.90. The van der Waals surface area contributed by atoms with Gasteiger partial charge >= 0.3 is 0 Å². The van der Waals surface area contributed by atoms with Crippen molar-refractivity contribution in [2.45, 2.75) is 22.8 Å². The Kier molecular flexibility index (Phi) is 4.87. The van der Waals surface area contributed by atoms with Crippen LogP contribution in [-0.4, -0.2) is 46.7 Å². The standard InChI is InChI=1S/C12H17B2NO3S/c1-11(13,15)12(14,16)7-5-9(18-3)10(19-4)6-8(7)17-2/h5-6,16H,15H2,1-4H3. The number of methoxy groups -OCH3 is 2. The van der Waals surface area contributed by atoms with Gasteiger partial charge in [0.2, 0.25) is 0 Å². The zero-order valence-corrected chi connectivity index (χ0v) is 12.4. The summed E-state index contributed by atoms with van der Waals surface area (Å²) in [6, 6.07) is 3.31. The number of benzene rings is 1. The van der Waals surface area contributed by atoms with Crippen molar-refractivity contribution in [2.24, 2.45) is 5.73 Å². The summed E-state index contributed by atoms with van der Waals surface area (Å²) in [5.74, 6) is 0.966. The van der Waals surface area contributed by atoms with Crippen molar-refractivity contribution in [2.75, 3.05) is 20.5 Å². The minimum Gasteiger partial charge on any atom is -0.496 e. The fourth-order valence-corrected chi connectivity index (χ4v) is 2.19. The maximum absolute atomic E-state index is 10.4. The molecule has 0 aliphatic rings. The molecule has 7 heteroatoms. The minimum atomic E-state index is -1.96. The molecule has 0 aromatic heterocycles. The quantitative estimate of drug-likeness (QED) is 0.609. The summed E-state index contributed by atoms with van der Waals surface area (Å²) in [7, 11) is 14.6. The monoisotopic (exact) mass is 277 g/mol. The fraction of sp³-hybridized carbons (Fsp3) is 0.500. The SMILES string of the molecule is [B]C(C)(N)C([B])(O)c1cc(OC)c(SC)cc1OC. The van der Waals surface area contributed by atoms with Crippen molar-refractivity contribution in [3.8, 4) is 11.5 Å². The van der Waals surface area contributed by atoms with Crippen LogP contribution in [0.4, 0.5) is 0 Å². The van der Waals surface area contributed by atoms with E-state index in [-0.39, 0.29) is 5.56 Å². The number of ether oxygens (including phenoxy) is 2. The number of hydrogen-bond acceptors (Lipinski definition) is 5. The number of aliphatic hydroxyl groups is 1. The molecule has 4 radical (unpaired) electrons. The molecule has 1 aromatic carbocycles. The topological polar surface area (TPSA) is 64.7 Å². The van der Waals surface area contributed by atoms with Crippen LogP contribution >= 0.6 is 11.8 Å². The van der Waals surface area contributed by atoms with Gasteiger partial charge in [-0.15, -0.1) is 11.8 Å². The van der Waals surface area contributed by atoms with Crippen molar-refractivity contribution in [1.82, 2.24) is 0 Å². The molecule has 0 saturated carbocycles. The number of hydrogen-bond donors (Lipinski definition) is 2.